The predicted molar refractivity (Wildman–Crippen MR) is 81.7 cm³/mol. The summed E-state index contributed by atoms with van der Waals surface area (Å²) in [6.07, 6.45) is -0.828. The number of halogens is 1. The second-order valence-corrected chi connectivity index (χ2v) is 6.40. The van der Waals surface area contributed by atoms with Crippen LogP contribution in [0, 0.1) is 11.2 Å². The maximum absolute atomic E-state index is 13.0. The van der Waals surface area contributed by atoms with Gasteiger partial charge in [0, 0.05) is 5.41 Å². The second-order valence-electron chi connectivity index (χ2n) is 6.40. The molecule has 0 aliphatic carbocycles. The van der Waals surface area contributed by atoms with Crippen molar-refractivity contribution in [3.8, 4) is 11.5 Å². The number of hydrogen-bond acceptors (Lipinski definition) is 3. The molecule has 0 aromatic heterocycles. The molecule has 0 saturated heterocycles. The van der Waals surface area contributed by atoms with Gasteiger partial charge in [0.2, 0.25) is 0 Å². The zero-order chi connectivity index (χ0) is 15.7. The molecule has 0 bridgehead atoms. The van der Waals surface area contributed by atoms with Crippen LogP contribution in [0.25, 0.3) is 0 Å². The Bertz CT molecular complexity index is 665. The van der Waals surface area contributed by atoms with Gasteiger partial charge < -0.3 is 14.6 Å². The Balaban J connectivity index is 1.87. The first kappa shape index (κ1) is 14.9. The summed E-state index contributed by atoms with van der Waals surface area (Å²) in [6.45, 7) is 5.29. The van der Waals surface area contributed by atoms with E-state index in [1.807, 2.05) is 0 Å². The van der Waals surface area contributed by atoms with Crippen LogP contribution >= 0.6 is 0 Å². The molecule has 1 aliphatic heterocycles. The molecule has 2 aromatic carbocycles. The summed E-state index contributed by atoms with van der Waals surface area (Å²) >= 11 is 0. The van der Waals surface area contributed by atoms with Gasteiger partial charge in [0.25, 0.3) is 0 Å². The molecule has 0 unspecified atom stereocenters. The molecule has 0 radical (unpaired) electrons. The molecule has 0 spiro atoms. The quantitative estimate of drug-likeness (QED) is 0.919. The smallest absolute Gasteiger partial charge is 0.161 e. The van der Waals surface area contributed by atoms with E-state index in [0.717, 1.165) is 0 Å². The van der Waals surface area contributed by atoms with Crippen molar-refractivity contribution in [3.63, 3.8) is 0 Å². The fourth-order valence-electron chi connectivity index (χ4n) is 2.35. The monoisotopic (exact) mass is 302 g/mol. The van der Waals surface area contributed by atoms with Crippen molar-refractivity contribution in [1.82, 2.24) is 0 Å². The number of aliphatic hydroxyl groups excluding tert-OH is 1. The van der Waals surface area contributed by atoms with Crippen molar-refractivity contribution < 1.29 is 19.0 Å². The van der Waals surface area contributed by atoms with E-state index in [0.29, 0.717) is 35.8 Å². The fraction of sp³-hybridized carbons (Fsp3) is 0.333. The molecule has 2 aromatic rings. The van der Waals surface area contributed by atoms with Crippen LogP contribution in [-0.4, -0.2) is 18.3 Å². The minimum absolute atomic E-state index is 0.0608. The van der Waals surface area contributed by atoms with E-state index >= 15 is 0 Å². The van der Waals surface area contributed by atoms with Crippen molar-refractivity contribution in [2.45, 2.75) is 20.0 Å². The number of hydrogen-bond donors (Lipinski definition) is 1. The summed E-state index contributed by atoms with van der Waals surface area (Å²) in [6, 6.07) is 11.2. The Morgan fingerprint density at radius 1 is 0.955 bits per heavy atom. The predicted octanol–water partition coefficient (Wildman–Crippen LogP) is 3.70. The normalized spacial score (nSPS) is 17.6. The van der Waals surface area contributed by atoms with Crippen molar-refractivity contribution in [3.05, 3.63) is 59.4 Å². The third kappa shape index (κ3) is 3.07. The van der Waals surface area contributed by atoms with E-state index < -0.39 is 6.10 Å². The topological polar surface area (TPSA) is 38.7 Å². The molecule has 0 fully saturated rings. The second kappa shape index (κ2) is 5.61. The van der Waals surface area contributed by atoms with Gasteiger partial charge in [-0.25, -0.2) is 4.39 Å². The molecule has 1 heterocycles. The van der Waals surface area contributed by atoms with Crippen molar-refractivity contribution in [1.29, 1.82) is 0 Å². The third-order valence-corrected chi connectivity index (χ3v) is 3.71. The van der Waals surface area contributed by atoms with Gasteiger partial charge in [0.15, 0.2) is 11.5 Å². The van der Waals surface area contributed by atoms with Gasteiger partial charge in [-0.15, -0.1) is 0 Å². The lowest BCUT2D eigenvalue weighted by molar-refractivity contribution is 0.140. The standard InChI is InChI=1S/C18H19FO3/c1-18(2)10-21-15-8-5-13(9-16(15)22-11-18)17(20)12-3-6-14(19)7-4-12/h3-9,17,20H,10-11H2,1-2H3/t17-/m0/s1. The molecule has 1 aliphatic rings. The first-order valence-electron chi connectivity index (χ1n) is 7.28. The Kier molecular flexibility index (Phi) is 3.79. The third-order valence-electron chi connectivity index (χ3n) is 3.71. The number of rotatable bonds is 2. The van der Waals surface area contributed by atoms with Crippen LogP contribution in [0.1, 0.15) is 31.1 Å². The van der Waals surface area contributed by atoms with Crippen LogP contribution in [-0.2, 0) is 0 Å². The maximum atomic E-state index is 13.0. The Hall–Kier alpha value is -2.07. The molecule has 116 valence electrons. The Morgan fingerprint density at radius 3 is 2.23 bits per heavy atom. The zero-order valence-corrected chi connectivity index (χ0v) is 12.7. The number of aliphatic hydroxyl groups is 1. The lowest BCUT2D eigenvalue weighted by atomic mass is 9.97. The van der Waals surface area contributed by atoms with E-state index in [2.05, 4.69) is 13.8 Å². The highest BCUT2D eigenvalue weighted by atomic mass is 19.1. The summed E-state index contributed by atoms with van der Waals surface area (Å²) in [7, 11) is 0. The molecule has 1 atom stereocenters. The van der Waals surface area contributed by atoms with Gasteiger partial charge in [0.05, 0.1) is 13.2 Å². The summed E-state index contributed by atoms with van der Waals surface area (Å²) in [5.41, 5.74) is 1.26. The highest BCUT2D eigenvalue weighted by molar-refractivity contribution is 5.45. The van der Waals surface area contributed by atoms with Crippen molar-refractivity contribution in [2.24, 2.45) is 5.41 Å². The van der Waals surface area contributed by atoms with Gasteiger partial charge in [-0.1, -0.05) is 32.0 Å². The fourth-order valence-corrected chi connectivity index (χ4v) is 2.35. The van der Waals surface area contributed by atoms with Crippen LogP contribution in [0.5, 0.6) is 11.5 Å². The molecule has 4 heteroatoms. The van der Waals surface area contributed by atoms with Crippen molar-refractivity contribution in [2.75, 3.05) is 13.2 Å². The van der Waals surface area contributed by atoms with Crippen LogP contribution in [0.2, 0.25) is 0 Å². The number of benzene rings is 2. The Labute approximate surface area is 129 Å². The minimum atomic E-state index is -0.828. The van der Waals surface area contributed by atoms with Gasteiger partial charge >= 0.3 is 0 Å². The van der Waals surface area contributed by atoms with Gasteiger partial charge in [-0.3, -0.25) is 0 Å². The van der Waals surface area contributed by atoms with E-state index in [9.17, 15) is 9.50 Å². The van der Waals surface area contributed by atoms with E-state index in [1.54, 1.807) is 30.3 Å². The van der Waals surface area contributed by atoms with Crippen LogP contribution in [0.4, 0.5) is 4.39 Å². The van der Waals surface area contributed by atoms with Gasteiger partial charge in [0.1, 0.15) is 11.9 Å². The molecule has 3 nitrogen and oxygen atoms in total. The SMILES string of the molecule is CC1(C)COc2ccc([C@@H](O)c3ccc(F)cc3)cc2OC1. The molecular formula is C18H19FO3. The summed E-state index contributed by atoms with van der Waals surface area (Å²) < 4.78 is 24.6. The van der Waals surface area contributed by atoms with E-state index in [1.165, 1.54) is 12.1 Å². The van der Waals surface area contributed by atoms with Crippen molar-refractivity contribution >= 4 is 0 Å². The number of ether oxygens (including phenoxy) is 2. The lowest BCUT2D eigenvalue weighted by Gasteiger charge is -2.19. The maximum Gasteiger partial charge on any atom is 0.161 e. The average molecular weight is 302 g/mol. The van der Waals surface area contributed by atoms with Crippen LogP contribution < -0.4 is 9.47 Å². The minimum Gasteiger partial charge on any atom is -0.489 e. The first-order valence-corrected chi connectivity index (χ1v) is 7.28. The summed E-state index contributed by atoms with van der Waals surface area (Å²) in [5.74, 6) is 0.988. The Morgan fingerprint density at radius 2 is 1.55 bits per heavy atom. The molecular weight excluding hydrogens is 283 g/mol. The highest BCUT2D eigenvalue weighted by Gasteiger charge is 2.25. The van der Waals surface area contributed by atoms with Crippen LogP contribution in [0.3, 0.4) is 0 Å². The molecule has 1 N–H and O–H groups in total. The highest BCUT2D eigenvalue weighted by Crippen LogP contribution is 2.36. The number of fused-ring (bicyclic) bond motifs is 1. The lowest BCUT2D eigenvalue weighted by Crippen LogP contribution is -2.26. The summed E-state index contributed by atoms with van der Waals surface area (Å²) in [5, 5.41) is 10.4. The largest absolute Gasteiger partial charge is 0.489 e. The first-order chi connectivity index (χ1) is 10.4. The molecule has 3 rings (SSSR count). The van der Waals surface area contributed by atoms with Gasteiger partial charge in [-0.2, -0.15) is 0 Å². The average Bonchev–Trinajstić information content (AvgIpc) is 2.66. The zero-order valence-electron chi connectivity index (χ0n) is 12.7. The van der Waals surface area contributed by atoms with E-state index in [4.69, 9.17) is 9.47 Å². The molecule has 0 saturated carbocycles. The van der Waals surface area contributed by atoms with Crippen LogP contribution in [0.15, 0.2) is 42.5 Å². The van der Waals surface area contributed by atoms with E-state index in [-0.39, 0.29) is 11.2 Å². The van der Waals surface area contributed by atoms with Gasteiger partial charge in [-0.05, 0) is 35.4 Å². The molecule has 0 amide bonds. The molecule has 22 heavy (non-hydrogen) atoms. The summed E-state index contributed by atoms with van der Waals surface area (Å²) in [4.78, 5) is 0.